The molecule has 0 atom stereocenters. The molecule has 0 fully saturated rings. The van der Waals surface area contributed by atoms with Crippen LogP contribution >= 0.6 is 0 Å². The average Bonchev–Trinajstić information content (AvgIpc) is 2.50. The van der Waals surface area contributed by atoms with Gasteiger partial charge in [0.25, 0.3) is 0 Å². The van der Waals surface area contributed by atoms with E-state index in [2.05, 4.69) is 6.92 Å². The van der Waals surface area contributed by atoms with E-state index in [4.69, 9.17) is 0 Å². The summed E-state index contributed by atoms with van der Waals surface area (Å²) in [6.45, 7) is 6.08. The zero-order chi connectivity index (χ0) is 19.2. The van der Waals surface area contributed by atoms with Crippen LogP contribution in [0.1, 0.15) is 97.8 Å². The van der Waals surface area contributed by atoms with Crippen LogP contribution in [0.3, 0.4) is 0 Å². The Balaban J connectivity index is -0.0000000584. The Bertz CT molecular complexity index is 315. The fourth-order valence-electron chi connectivity index (χ4n) is 1.54. The number of carboxylic acids is 3. The molecule has 144 valence electrons. The number of carboxylic acid groups (broad SMARTS) is 3. The Morgan fingerprint density at radius 1 is 0.481 bits per heavy atom. The van der Waals surface area contributed by atoms with Crippen LogP contribution in [-0.2, 0) is 14.4 Å². The smallest absolute Gasteiger partial charge is 0.550 e. The third-order valence-electron chi connectivity index (χ3n) is 2.95. The second-order valence-electron chi connectivity index (χ2n) is 5.49. The van der Waals surface area contributed by atoms with Crippen LogP contribution in [0.5, 0.6) is 0 Å². The van der Waals surface area contributed by atoms with Gasteiger partial charge in [-0.05, 0) is 38.5 Å². The molecule has 6 nitrogen and oxygen atoms in total. The first-order chi connectivity index (χ1) is 11.3. The Morgan fingerprint density at radius 3 is 1.00 bits per heavy atom. The molecule has 0 amide bonds. The monoisotopic (exact) mass is 414 g/mol. The zero-order valence-electron chi connectivity index (χ0n) is 18.4. The van der Waals surface area contributed by atoms with E-state index in [1.165, 1.54) is 0 Å². The predicted octanol–water partition coefficient (Wildman–Crippen LogP) is -8.04. The van der Waals surface area contributed by atoms with Gasteiger partial charge >= 0.3 is 88.7 Å². The van der Waals surface area contributed by atoms with Crippen molar-refractivity contribution in [3.8, 4) is 0 Å². The molecule has 0 unspecified atom stereocenters. The molecule has 27 heavy (non-hydrogen) atoms. The molecule has 0 aromatic heterocycles. The van der Waals surface area contributed by atoms with Gasteiger partial charge in [0.05, 0.1) is 0 Å². The number of hydrogen-bond acceptors (Lipinski definition) is 6. The maximum atomic E-state index is 9.85. The Kier molecular flexibility index (Phi) is 59.9. The molecule has 0 N–H and O–H groups in total. The Labute approximate surface area is 231 Å². The summed E-state index contributed by atoms with van der Waals surface area (Å²) in [5.74, 6) is -2.80. The first-order valence-corrected chi connectivity index (χ1v) is 8.91. The number of rotatable bonds is 12. The predicted molar refractivity (Wildman–Crippen MR) is 87.4 cm³/mol. The minimum absolute atomic E-state index is 0. The van der Waals surface area contributed by atoms with Gasteiger partial charge in [0.1, 0.15) is 0 Å². The zero-order valence-corrected chi connectivity index (χ0v) is 24.4. The third-order valence-corrected chi connectivity index (χ3v) is 2.95. The standard InChI is InChI=1S/C7H14O2.C6H12O2.C5H10O2.3Na/c1-2-3-4-5-6-7(8)9;1-2-3-4-5-6(7)8;1-2-3-4-5(6)7;;;/h2-6H2,1H3,(H,8,9);2-5H2,1H3,(H,7,8);2-4H2,1H3,(H,6,7);;;/q;;;3*+1/p-3. The van der Waals surface area contributed by atoms with E-state index in [1.54, 1.807) is 0 Å². The third kappa shape index (κ3) is 65.7. The van der Waals surface area contributed by atoms with Crippen molar-refractivity contribution in [1.29, 1.82) is 0 Å². The van der Waals surface area contributed by atoms with Gasteiger partial charge in [-0.2, -0.15) is 0 Å². The molecule has 0 aromatic rings. The molecular weight excluding hydrogens is 381 g/mol. The van der Waals surface area contributed by atoms with Gasteiger partial charge in [0.15, 0.2) is 0 Å². The fraction of sp³-hybridized carbons (Fsp3) is 0.833. The van der Waals surface area contributed by atoms with Gasteiger partial charge in [-0.3, -0.25) is 0 Å². The minimum Gasteiger partial charge on any atom is -0.550 e. The molecule has 0 aliphatic heterocycles. The van der Waals surface area contributed by atoms with Gasteiger partial charge < -0.3 is 29.7 Å². The molecule has 0 rings (SSSR count). The molecule has 9 heteroatoms. The summed E-state index contributed by atoms with van der Waals surface area (Å²) >= 11 is 0. The van der Waals surface area contributed by atoms with Crippen LogP contribution < -0.4 is 104 Å². The maximum absolute atomic E-state index is 9.85. The van der Waals surface area contributed by atoms with Crippen molar-refractivity contribution in [2.75, 3.05) is 0 Å². The normalized spacial score (nSPS) is 8.11. The van der Waals surface area contributed by atoms with Gasteiger partial charge in [-0.1, -0.05) is 59.3 Å². The molecule has 0 spiro atoms. The minimum atomic E-state index is -0.943. The Hall–Kier alpha value is 1.41. The van der Waals surface area contributed by atoms with Gasteiger partial charge in [0.2, 0.25) is 0 Å². The summed E-state index contributed by atoms with van der Waals surface area (Å²) in [5, 5.41) is 29.3. The molecule has 0 saturated heterocycles. The largest absolute Gasteiger partial charge is 1.00 e. The van der Waals surface area contributed by atoms with Crippen LogP contribution in [0.25, 0.3) is 0 Å². The number of unbranched alkanes of at least 4 members (excludes halogenated alkanes) is 6. The second kappa shape index (κ2) is 38.1. The summed E-state index contributed by atoms with van der Waals surface area (Å²) in [5.41, 5.74) is 0. The second-order valence-corrected chi connectivity index (χ2v) is 5.49. The van der Waals surface area contributed by atoms with E-state index in [0.29, 0.717) is 0 Å². The van der Waals surface area contributed by atoms with Crippen molar-refractivity contribution >= 4 is 17.9 Å². The summed E-state index contributed by atoms with van der Waals surface area (Å²) in [7, 11) is 0. The quantitative estimate of drug-likeness (QED) is 0.231. The van der Waals surface area contributed by atoms with Crippen molar-refractivity contribution in [1.82, 2.24) is 0 Å². The first kappa shape index (κ1) is 42.5. The van der Waals surface area contributed by atoms with E-state index < -0.39 is 17.9 Å². The van der Waals surface area contributed by atoms with E-state index in [-0.39, 0.29) is 108 Å². The van der Waals surface area contributed by atoms with Crippen LogP contribution in [0.15, 0.2) is 0 Å². The summed E-state index contributed by atoms with van der Waals surface area (Å²) < 4.78 is 0. The van der Waals surface area contributed by atoms with E-state index >= 15 is 0 Å². The number of aliphatic carboxylic acids is 3. The number of carbonyl (C=O) groups excluding carboxylic acids is 3. The molecule has 0 bridgehead atoms. The van der Waals surface area contributed by atoms with Crippen molar-refractivity contribution in [2.45, 2.75) is 97.8 Å². The van der Waals surface area contributed by atoms with Gasteiger partial charge in [-0.15, -0.1) is 0 Å². The van der Waals surface area contributed by atoms with E-state index in [9.17, 15) is 29.7 Å². The average molecular weight is 414 g/mol. The molecule has 0 saturated carbocycles. The van der Waals surface area contributed by atoms with Crippen LogP contribution in [0.4, 0.5) is 0 Å². The van der Waals surface area contributed by atoms with Crippen LogP contribution in [-0.4, -0.2) is 17.9 Å². The molecule has 0 aliphatic carbocycles. The van der Waals surface area contributed by atoms with Gasteiger partial charge in [0, 0.05) is 17.9 Å². The molecule has 0 heterocycles. The van der Waals surface area contributed by atoms with E-state index in [1.807, 2.05) is 13.8 Å². The van der Waals surface area contributed by atoms with Crippen LogP contribution in [0.2, 0.25) is 0 Å². The fourth-order valence-corrected chi connectivity index (χ4v) is 1.54. The molecule has 0 aliphatic rings. The van der Waals surface area contributed by atoms with Crippen molar-refractivity contribution in [3.05, 3.63) is 0 Å². The maximum Gasteiger partial charge on any atom is 1.00 e. The van der Waals surface area contributed by atoms with E-state index in [0.717, 1.165) is 57.8 Å². The summed E-state index contributed by atoms with van der Waals surface area (Å²) in [6, 6.07) is 0. The van der Waals surface area contributed by atoms with Gasteiger partial charge in [-0.25, -0.2) is 0 Å². The number of carbonyl (C=O) groups is 3. The number of hydrogen-bond donors (Lipinski definition) is 0. The topological polar surface area (TPSA) is 120 Å². The van der Waals surface area contributed by atoms with Crippen LogP contribution in [0, 0.1) is 0 Å². The molecule has 0 radical (unpaired) electrons. The summed E-state index contributed by atoms with van der Waals surface area (Å²) in [6.07, 6.45) is 9.20. The molecular formula is C18H33Na3O6. The molecule has 0 aromatic carbocycles. The first-order valence-electron chi connectivity index (χ1n) is 8.91. The van der Waals surface area contributed by atoms with Crippen molar-refractivity contribution in [2.24, 2.45) is 0 Å². The van der Waals surface area contributed by atoms with Crippen molar-refractivity contribution in [3.63, 3.8) is 0 Å². The Morgan fingerprint density at radius 2 is 0.741 bits per heavy atom. The summed E-state index contributed by atoms with van der Waals surface area (Å²) in [4.78, 5) is 29.3. The van der Waals surface area contributed by atoms with Crippen molar-refractivity contribution < 1.29 is 118 Å². The SMILES string of the molecule is CCCCC(=O)[O-].CCCCCC(=O)[O-].CCCCCCC(=O)[O-].[Na+].[Na+].[Na+].